The predicted molar refractivity (Wildman–Crippen MR) is 51.7 cm³/mol. The molecule has 0 aliphatic carbocycles. The Morgan fingerprint density at radius 2 is 1.50 bits per heavy atom. The van der Waals surface area contributed by atoms with Gasteiger partial charge in [0.25, 0.3) is 0 Å². The Morgan fingerprint density at radius 3 is 1.86 bits per heavy atom. The van der Waals surface area contributed by atoms with E-state index in [2.05, 4.69) is 0 Å². The summed E-state index contributed by atoms with van der Waals surface area (Å²) in [4.78, 5) is 0. The van der Waals surface area contributed by atoms with Crippen molar-refractivity contribution in [3.05, 3.63) is 0 Å². The SMILES string of the molecule is CB(N)CC(O)C(O)C(O)C(O)CO. The first-order chi connectivity index (χ1) is 6.40. The maximum atomic E-state index is 9.32. The van der Waals surface area contributed by atoms with Crippen LogP contribution in [0.4, 0.5) is 0 Å². The highest BCUT2D eigenvalue weighted by Gasteiger charge is 2.30. The third kappa shape index (κ3) is 4.36. The van der Waals surface area contributed by atoms with Gasteiger partial charge in [-0.2, -0.15) is 0 Å². The van der Waals surface area contributed by atoms with Crippen molar-refractivity contribution >= 4 is 6.85 Å². The molecule has 0 aromatic heterocycles. The predicted octanol–water partition coefficient (Wildman–Crippen LogP) is -3.00. The van der Waals surface area contributed by atoms with Crippen molar-refractivity contribution in [2.45, 2.75) is 37.6 Å². The third-order valence-corrected chi connectivity index (χ3v) is 1.94. The minimum absolute atomic E-state index is 0.108. The van der Waals surface area contributed by atoms with E-state index in [4.69, 9.17) is 15.9 Å². The zero-order valence-electron chi connectivity index (χ0n) is 8.11. The molecule has 6 nitrogen and oxygen atoms in total. The van der Waals surface area contributed by atoms with Crippen LogP contribution >= 0.6 is 0 Å². The first kappa shape index (κ1) is 13.8. The number of nitrogens with two attached hydrogens (primary N) is 1. The van der Waals surface area contributed by atoms with E-state index in [1.807, 2.05) is 0 Å². The normalized spacial score (nSPS) is 19.9. The molecule has 4 atom stereocenters. The van der Waals surface area contributed by atoms with Crippen molar-refractivity contribution in [2.24, 2.45) is 5.64 Å². The number of aliphatic hydroxyl groups is 5. The molecule has 14 heavy (non-hydrogen) atoms. The standard InChI is InChI=1S/C7H18BNO5/c1-8(9)2-4(11)6(13)7(14)5(12)3-10/h4-7,10-14H,2-3,9H2,1H3. The van der Waals surface area contributed by atoms with Gasteiger partial charge < -0.3 is 31.2 Å². The molecule has 4 unspecified atom stereocenters. The minimum Gasteiger partial charge on any atom is -0.394 e. The number of aliphatic hydroxyl groups excluding tert-OH is 5. The largest absolute Gasteiger partial charge is 0.394 e. The van der Waals surface area contributed by atoms with Crippen LogP contribution in [0.2, 0.25) is 13.1 Å². The van der Waals surface area contributed by atoms with Gasteiger partial charge in [-0.15, -0.1) is 0 Å². The fourth-order valence-electron chi connectivity index (χ4n) is 1.08. The summed E-state index contributed by atoms with van der Waals surface area (Å²) in [6.07, 6.45) is -5.66. The first-order valence-electron chi connectivity index (χ1n) is 4.48. The van der Waals surface area contributed by atoms with E-state index in [0.29, 0.717) is 0 Å². The topological polar surface area (TPSA) is 127 Å². The smallest absolute Gasteiger partial charge is 0.217 e. The van der Waals surface area contributed by atoms with Gasteiger partial charge in [0, 0.05) is 0 Å². The molecule has 0 radical (unpaired) electrons. The highest BCUT2D eigenvalue weighted by atomic mass is 16.4. The Bertz CT molecular complexity index is 159. The summed E-state index contributed by atoms with van der Waals surface area (Å²) in [6, 6.07) is 0. The molecule has 0 rings (SSSR count). The second kappa shape index (κ2) is 6.33. The second-order valence-corrected chi connectivity index (χ2v) is 3.51. The van der Waals surface area contributed by atoms with E-state index in [1.54, 1.807) is 6.82 Å². The Hall–Kier alpha value is -0.175. The van der Waals surface area contributed by atoms with Gasteiger partial charge in [0.05, 0.1) is 12.7 Å². The van der Waals surface area contributed by atoms with E-state index < -0.39 is 31.0 Å². The summed E-state index contributed by atoms with van der Waals surface area (Å²) >= 11 is 0. The van der Waals surface area contributed by atoms with Crippen LogP contribution in [-0.2, 0) is 0 Å². The van der Waals surface area contributed by atoms with Gasteiger partial charge in [-0.05, 0) is 6.32 Å². The lowest BCUT2D eigenvalue weighted by atomic mass is 9.61. The van der Waals surface area contributed by atoms with Crippen LogP contribution in [0.25, 0.3) is 0 Å². The molecule has 7 N–H and O–H groups in total. The van der Waals surface area contributed by atoms with Crippen LogP contribution in [0.5, 0.6) is 0 Å². The van der Waals surface area contributed by atoms with Crippen LogP contribution in [0.15, 0.2) is 0 Å². The molecule has 0 aromatic carbocycles. The van der Waals surface area contributed by atoms with Crippen molar-refractivity contribution in [1.82, 2.24) is 0 Å². The van der Waals surface area contributed by atoms with Gasteiger partial charge in [0.1, 0.15) is 18.3 Å². The van der Waals surface area contributed by atoms with Crippen molar-refractivity contribution in [2.75, 3.05) is 6.61 Å². The molecule has 0 aromatic rings. The van der Waals surface area contributed by atoms with Crippen LogP contribution in [0, 0.1) is 0 Å². The molecule has 0 bridgehead atoms. The molecule has 7 heteroatoms. The third-order valence-electron chi connectivity index (χ3n) is 1.94. The lowest BCUT2D eigenvalue weighted by Crippen LogP contribution is -2.47. The summed E-state index contributed by atoms with van der Waals surface area (Å²) < 4.78 is 0. The molecule has 0 spiro atoms. The number of hydrogen-bond donors (Lipinski definition) is 6. The molecule has 84 valence electrons. The van der Waals surface area contributed by atoms with E-state index >= 15 is 0 Å². The van der Waals surface area contributed by atoms with Crippen molar-refractivity contribution in [1.29, 1.82) is 0 Å². The minimum atomic E-state index is -1.58. The molecule has 0 amide bonds. The summed E-state index contributed by atoms with van der Waals surface area (Å²) in [6.45, 7) is 0.645. The summed E-state index contributed by atoms with van der Waals surface area (Å²) in [5.41, 5.74) is 5.38. The van der Waals surface area contributed by atoms with Crippen molar-refractivity contribution in [3.63, 3.8) is 0 Å². The number of rotatable bonds is 6. The average molecular weight is 207 g/mol. The van der Waals surface area contributed by atoms with Gasteiger partial charge in [-0.1, -0.05) is 6.82 Å². The van der Waals surface area contributed by atoms with E-state index in [9.17, 15) is 15.3 Å². The van der Waals surface area contributed by atoms with Crippen LogP contribution < -0.4 is 5.64 Å². The average Bonchev–Trinajstić information content (AvgIpc) is 2.13. The second-order valence-electron chi connectivity index (χ2n) is 3.51. The molecule has 0 saturated heterocycles. The zero-order valence-corrected chi connectivity index (χ0v) is 8.11. The molecule has 0 heterocycles. The Morgan fingerprint density at radius 1 is 1.07 bits per heavy atom. The molecule has 0 aliphatic heterocycles. The monoisotopic (exact) mass is 207 g/mol. The van der Waals surface area contributed by atoms with Gasteiger partial charge in [0.15, 0.2) is 0 Å². The summed E-state index contributed by atoms with van der Waals surface area (Å²) in [7, 11) is 0. The van der Waals surface area contributed by atoms with E-state index in [0.717, 1.165) is 0 Å². The van der Waals surface area contributed by atoms with Crippen LogP contribution in [0.1, 0.15) is 0 Å². The summed E-state index contributed by atoms with van der Waals surface area (Å²) in [5, 5.41) is 45.3. The lowest BCUT2D eigenvalue weighted by Gasteiger charge is -2.25. The van der Waals surface area contributed by atoms with Gasteiger partial charge in [-0.3, -0.25) is 0 Å². The van der Waals surface area contributed by atoms with Crippen LogP contribution in [0.3, 0.4) is 0 Å². The van der Waals surface area contributed by atoms with Gasteiger partial charge in [-0.25, -0.2) is 0 Å². The Kier molecular flexibility index (Phi) is 6.26. The Labute approximate surface area is 83.1 Å². The fourth-order valence-corrected chi connectivity index (χ4v) is 1.08. The number of hydrogen-bond acceptors (Lipinski definition) is 6. The Balaban J connectivity index is 4.09. The lowest BCUT2D eigenvalue weighted by molar-refractivity contribution is -0.110. The maximum Gasteiger partial charge on any atom is 0.217 e. The highest BCUT2D eigenvalue weighted by Crippen LogP contribution is 2.08. The maximum absolute atomic E-state index is 9.32. The van der Waals surface area contributed by atoms with Crippen molar-refractivity contribution in [3.8, 4) is 0 Å². The zero-order chi connectivity index (χ0) is 11.3. The molecule has 0 saturated carbocycles. The van der Waals surface area contributed by atoms with Crippen LogP contribution in [-0.4, -0.2) is 63.4 Å². The van der Waals surface area contributed by atoms with Gasteiger partial charge in [0.2, 0.25) is 6.85 Å². The van der Waals surface area contributed by atoms with Crippen molar-refractivity contribution < 1.29 is 25.5 Å². The highest BCUT2D eigenvalue weighted by molar-refractivity contribution is 6.53. The van der Waals surface area contributed by atoms with Gasteiger partial charge >= 0.3 is 0 Å². The van der Waals surface area contributed by atoms with E-state index in [-0.39, 0.29) is 13.2 Å². The van der Waals surface area contributed by atoms with E-state index in [1.165, 1.54) is 0 Å². The summed E-state index contributed by atoms with van der Waals surface area (Å²) in [5.74, 6) is 0. The molecular formula is C7H18BNO5. The molecule has 0 fully saturated rings. The quantitative estimate of drug-likeness (QED) is 0.258. The fraction of sp³-hybridized carbons (Fsp3) is 1.00. The molecule has 0 aliphatic rings. The first-order valence-corrected chi connectivity index (χ1v) is 4.48. The molecular weight excluding hydrogens is 189 g/mol.